The Balaban J connectivity index is 1.63. The topological polar surface area (TPSA) is 75.4 Å². The summed E-state index contributed by atoms with van der Waals surface area (Å²) >= 11 is 0. The fourth-order valence-corrected chi connectivity index (χ4v) is 2.93. The van der Waals surface area contributed by atoms with Crippen molar-refractivity contribution >= 4 is 22.7 Å². The largest absolute Gasteiger partial charge is 0.507 e. The summed E-state index contributed by atoms with van der Waals surface area (Å²) in [7, 11) is 0. The van der Waals surface area contributed by atoms with Crippen LogP contribution in [0.3, 0.4) is 0 Å². The molecule has 0 bridgehead atoms. The average molecular weight is 376 g/mol. The zero-order chi connectivity index (χ0) is 19.8. The zero-order valence-corrected chi connectivity index (χ0v) is 15.3. The van der Waals surface area contributed by atoms with Crippen molar-refractivity contribution in [2.24, 2.45) is 0 Å². The van der Waals surface area contributed by atoms with Crippen molar-refractivity contribution in [1.82, 2.24) is 4.98 Å². The molecule has 0 aliphatic carbocycles. The summed E-state index contributed by atoms with van der Waals surface area (Å²) in [5.74, 6) is -1.04. The lowest BCUT2D eigenvalue weighted by molar-refractivity contribution is 0.102. The van der Waals surface area contributed by atoms with Gasteiger partial charge in [-0.2, -0.15) is 0 Å². The van der Waals surface area contributed by atoms with Crippen LogP contribution in [0.1, 0.15) is 21.5 Å². The van der Waals surface area contributed by atoms with Crippen LogP contribution in [0.5, 0.6) is 5.75 Å². The van der Waals surface area contributed by atoms with E-state index in [1.54, 1.807) is 18.2 Å². The lowest BCUT2D eigenvalue weighted by atomic mass is 10.1. The summed E-state index contributed by atoms with van der Waals surface area (Å²) in [5.41, 5.74) is 4.18. The number of phenolic OH excluding ortho intramolecular Hbond substituents is 1. The van der Waals surface area contributed by atoms with E-state index in [4.69, 9.17) is 4.42 Å². The van der Waals surface area contributed by atoms with E-state index in [9.17, 15) is 14.3 Å². The van der Waals surface area contributed by atoms with Gasteiger partial charge in [0.05, 0.1) is 11.1 Å². The molecule has 0 saturated heterocycles. The Morgan fingerprint density at radius 1 is 1.07 bits per heavy atom. The molecule has 0 fully saturated rings. The number of benzene rings is 3. The number of hydrogen-bond acceptors (Lipinski definition) is 4. The SMILES string of the molecule is Cc1cc2nc(-c3ccc(NC(=O)c4ccccc4F)cc3O)oc2cc1C. The number of rotatable bonds is 3. The van der Waals surface area contributed by atoms with Crippen LogP contribution >= 0.6 is 0 Å². The lowest BCUT2D eigenvalue weighted by Crippen LogP contribution is -2.13. The Morgan fingerprint density at radius 3 is 2.57 bits per heavy atom. The van der Waals surface area contributed by atoms with Gasteiger partial charge < -0.3 is 14.8 Å². The van der Waals surface area contributed by atoms with Crippen molar-refractivity contribution in [3.8, 4) is 17.2 Å². The number of carbonyl (C=O) groups is 1. The number of aryl methyl sites for hydroxylation is 2. The van der Waals surface area contributed by atoms with Crippen LogP contribution in [0.2, 0.25) is 0 Å². The number of fused-ring (bicyclic) bond motifs is 1. The highest BCUT2D eigenvalue weighted by Crippen LogP contribution is 2.33. The normalized spacial score (nSPS) is 11.0. The van der Waals surface area contributed by atoms with Gasteiger partial charge in [0.2, 0.25) is 5.89 Å². The molecule has 6 heteroatoms. The number of nitrogens with one attached hydrogen (secondary N) is 1. The van der Waals surface area contributed by atoms with E-state index in [0.29, 0.717) is 22.4 Å². The standard InChI is InChI=1S/C22H17FN2O3/c1-12-9-18-20(10-13(12)2)28-22(25-18)16-8-7-14(11-19(16)26)24-21(27)15-5-3-4-6-17(15)23/h3-11,26H,1-2H3,(H,24,27). The van der Waals surface area contributed by atoms with Gasteiger partial charge in [-0.25, -0.2) is 9.37 Å². The minimum absolute atomic E-state index is 0.0734. The van der Waals surface area contributed by atoms with E-state index in [2.05, 4.69) is 10.3 Å². The quantitative estimate of drug-likeness (QED) is 0.515. The van der Waals surface area contributed by atoms with Crippen molar-refractivity contribution in [3.05, 3.63) is 77.1 Å². The molecule has 4 rings (SSSR count). The van der Waals surface area contributed by atoms with E-state index in [1.807, 2.05) is 26.0 Å². The maximum Gasteiger partial charge on any atom is 0.258 e. The highest BCUT2D eigenvalue weighted by Gasteiger charge is 2.16. The number of anilines is 1. The number of amides is 1. The molecular weight excluding hydrogens is 359 g/mol. The van der Waals surface area contributed by atoms with Gasteiger partial charge in [-0.15, -0.1) is 0 Å². The average Bonchev–Trinajstić information content (AvgIpc) is 3.04. The van der Waals surface area contributed by atoms with Gasteiger partial charge in [0.25, 0.3) is 5.91 Å². The first-order valence-electron chi connectivity index (χ1n) is 8.69. The molecule has 0 radical (unpaired) electrons. The molecule has 2 N–H and O–H groups in total. The molecule has 0 atom stereocenters. The van der Waals surface area contributed by atoms with Gasteiger partial charge >= 0.3 is 0 Å². The number of halogens is 1. The molecule has 4 aromatic rings. The predicted molar refractivity (Wildman–Crippen MR) is 105 cm³/mol. The third-order valence-electron chi connectivity index (χ3n) is 4.61. The third-order valence-corrected chi connectivity index (χ3v) is 4.61. The van der Waals surface area contributed by atoms with Gasteiger partial charge in [0, 0.05) is 11.8 Å². The molecule has 1 heterocycles. The fourth-order valence-electron chi connectivity index (χ4n) is 2.93. The van der Waals surface area contributed by atoms with Gasteiger partial charge in [-0.1, -0.05) is 12.1 Å². The molecule has 0 saturated carbocycles. The highest BCUT2D eigenvalue weighted by atomic mass is 19.1. The Hall–Kier alpha value is -3.67. The Labute approximate surface area is 160 Å². The monoisotopic (exact) mass is 376 g/mol. The number of phenols is 1. The maximum absolute atomic E-state index is 13.7. The van der Waals surface area contributed by atoms with E-state index >= 15 is 0 Å². The number of aromatic nitrogens is 1. The van der Waals surface area contributed by atoms with Crippen LogP contribution in [-0.2, 0) is 0 Å². The molecular formula is C22H17FN2O3. The number of nitrogens with zero attached hydrogens (tertiary/aromatic N) is 1. The van der Waals surface area contributed by atoms with E-state index in [-0.39, 0.29) is 17.2 Å². The lowest BCUT2D eigenvalue weighted by Gasteiger charge is -2.08. The summed E-state index contributed by atoms with van der Waals surface area (Å²) < 4.78 is 19.5. The first kappa shape index (κ1) is 17.7. The van der Waals surface area contributed by atoms with Crippen molar-refractivity contribution in [2.75, 3.05) is 5.32 Å². The van der Waals surface area contributed by atoms with Crippen molar-refractivity contribution in [1.29, 1.82) is 0 Å². The van der Waals surface area contributed by atoms with Crippen LogP contribution in [0.15, 0.2) is 59.0 Å². The molecule has 5 nitrogen and oxygen atoms in total. The summed E-state index contributed by atoms with van der Waals surface area (Å²) in [5, 5.41) is 13.0. The first-order valence-corrected chi connectivity index (χ1v) is 8.69. The molecule has 0 spiro atoms. The molecule has 28 heavy (non-hydrogen) atoms. The summed E-state index contributed by atoms with van der Waals surface area (Å²) in [6, 6.07) is 14.1. The number of oxazole rings is 1. The number of hydrogen-bond donors (Lipinski definition) is 2. The van der Waals surface area contributed by atoms with E-state index < -0.39 is 11.7 Å². The predicted octanol–water partition coefficient (Wildman–Crippen LogP) is 5.21. The molecule has 0 aliphatic rings. The zero-order valence-electron chi connectivity index (χ0n) is 15.3. The van der Waals surface area contributed by atoms with E-state index in [0.717, 1.165) is 11.1 Å². The Bertz CT molecular complexity index is 1170. The second kappa shape index (κ2) is 6.81. The highest BCUT2D eigenvalue weighted by molar-refractivity contribution is 6.04. The number of aromatic hydroxyl groups is 1. The smallest absolute Gasteiger partial charge is 0.258 e. The first-order chi connectivity index (χ1) is 13.4. The summed E-state index contributed by atoms with van der Waals surface area (Å²) in [4.78, 5) is 16.7. The Kier molecular flexibility index (Phi) is 4.31. The number of carbonyl (C=O) groups excluding carboxylic acids is 1. The molecule has 1 aromatic heterocycles. The molecule has 0 aliphatic heterocycles. The molecule has 3 aromatic carbocycles. The van der Waals surface area contributed by atoms with Crippen LogP contribution in [0.25, 0.3) is 22.6 Å². The van der Waals surface area contributed by atoms with Crippen molar-refractivity contribution in [3.63, 3.8) is 0 Å². The van der Waals surface area contributed by atoms with Crippen molar-refractivity contribution < 1.29 is 18.7 Å². The minimum atomic E-state index is -0.613. The van der Waals surface area contributed by atoms with Gasteiger partial charge in [0.1, 0.15) is 17.1 Å². The third kappa shape index (κ3) is 3.20. The second-order valence-electron chi connectivity index (χ2n) is 6.59. The van der Waals surface area contributed by atoms with Gasteiger partial charge in [-0.3, -0.25) is 4.79 Å². The van der Waals surface area contributed by atoms with Gasteiger partial charge in [0.15, 0.2) is 5.58 Å². The minimum Gasteiger partial charge on any atom is -0.507 e. The molecule has 1 amide bonds. The van der Waals surface area contributed by atoms with Crippen LogP contribution in [0.4, 0.5) is 10.1 Å². The summed E-state index contributed by atoms with van der Waals surface area (Å²) in [6.45, 7) is 3.98. The maximum atomic E-state index is 13.7. The van der Waals surface area contributed by atoms with Crippen molar-refractivity contribution in [2.45, 2.75) is 13.8 Å². The Morgan fingerprint density at radius 2 is 1.82 bits per heavy atom. The fraction of sp³-hybridized carbons (Fsp3) is 0.0909. The van der Waals surface area contributed by atoms with Gasteiger partial charge in [-0.05, 0) is 61.4 Å². The second-order valence-corrected chi connectivity index (χ2v) is 6.59. The van der Waals surface area contributed by atoms with Crippen LogP contribution in [0, 0.1) is 19.7 Å². The molecule has 140 valence electrons. The van der Waals surface area contributed by atoms with E-state index in [1.165, 1.54) is 24.3 Å². The summed E-state index contributed by atoms with van der Waals surface area (Å²) in [6.07, 6.45) is 0. The molecule has 0 unspecified atom stereocenters. The van der Waals surface area contributed by atoms with Crippen LogP contribution < -0.4 is 5.32 Å². The van der Waals surface area contributed by atoms with Crippen LogP contribution in [-0.4, -0.2) is 16.0 Å².